The Hall–Kier alpha value is -1.63. The molecule has 128 valence electrons. The third-order valence-corrected chi connectivity index (χ3v) is 3.30. The van der Waals surface area contributed by atoms with E-state index >= 15 is 0 Å². The Kier molecular flexibility index (Phi) is 7.86. The molecule has 0 radical (unpaired) electrons. The predicted octanol–water partition coefficient (Wildman–Crippen LogP) is 2.10. The van der Waals surface area contributed by atoms with Crippen LogP contribution in [0.25, 0.3) is 0 Å². The number of hydrogen-bond donors (Lipinski definition) is 0. The van der Waals surface area contributed by atoms with Gasteiger partial charge in [-0.2, -0.15) is 0 Å². The Morgan fingerprint density at radius 2 is 1.35 bits per heavy atom. The van der Waals surface area contributed by atoms with Crippen LogP contribution in [0, 0.1) is 0 Å². The van der Waals surface area contributed by atoms with E-state index < -0.39 is 0 Å². The van der Waals surface area contributed by atoms with E-state index in [2.05, 4.69) is 0 Å². The largest absolute Gasteiger partial charge is 0.487 e. The molecule has 0 N–H and O–H groups in total. The highest BCUT2D eigenvalue weighted by Gasteiger charge is 2.11. The van der Waals surface area contributed by atoms with Crippen molar-refractivity contribution in [2.45, 2.75) is 13.3 Å². The lowest BCUT2D eigenvalue weighted by atomic mass is 10.1. The van der Waals surface area contributed by atoms with Gasteiger partial charge in [-0.15, -0.1) is 0 Å². The molecule has 6 heteroatoms. The van der Waals surface area contributed by atoms with Crippen molar-refractivity contribution >= 4 is 5.78 Å². The number of carbonyl (C=O) groups excluding carboxylic acids is 1. The van der Waals surface area contributed by atoms with Gasteiger partial charge in [0.05, 0.1) is 39.6 Å². The minimum absolute atomic E-state index is 0.0732. The molecular formula is C17H24O6. The molecule has 23 heavy (non-hydrogen) atoms. The summed E-state index contributed by atoms with van der Waals surface area (Å²) in [6.45, 7) is 5.66. The van der Waals surface area contributed by atoms with Crippen LogP contribution in [-0.2, 0) is 14.2 Å². The number of ether oxygens (including phenoxy) is 5. The van der Waals surface area contributed by atoms with Gasteiger partial charge in [-0.05, 0) is 18.2 Å². The van der Waals surface area contributed by atoms with E-state index in [1.807, 2.05) is 6.92 Å². The molecule has 1 aromatic rings. The lowest BCUT2D eigenvalue weighted by Crippen LogP contribution is -2.13. The van der Waals surface area contributed by atoms with Crippen molar-refractivity contribution in [3.8, 4) is 11.5 Å². The van der Waals surface area contributed by atoms with Gasteiger partial charge in [-0.25, -0.2) is 0 Å². The van der Waals surface area contributed by atoms with Crippen molar-refractivity contribution in [3.05, 3.63) is 23.8 Å². The Labute approximate surface area is 136 Å². The lowest BCUT2D eigenvalue weighted by Gasteiger charge is -2.14. The second-order valence-corrected chi connectivity index (χ2v) is 4.97. The molecule has 1 aromatic carbocycles. The predicted molar refractivity (Wildman–Crippen MR) is 84.5 cm³/mol. The van der Waals surface area contributed by atoms with Crippen molar-refractivity contribution in [1.29, 1.82) is 0 Å². The SMILES string of the molecule is CCC(=O)c1ccc2c(c1)OCCOCCOCCOCCO2. The van der Waals surface area contributed by atoms with Gasteiger partial charge in [-0.1, -0.05) is 6.92 Å². The number of fused-ring (bicyclic) bond motifs is 1. The number of rotatable bonds is 2. The summed E-state index contributed by atoms with van der Waals surface area (Å²) >= 11 is 0. The highest BCUT2D eigenvalue weighted by atomic mass is 16.6. The molecule has 2 rings (SSSR count). The smallest absolute Gasteiger partial charge is 0.162 e. The first kappa shape index (κ1) is 17.7. The normalized spacial score (nSPS) is 17.8. The number of Topliss-reactive ketones (excluding diaryl/α,β-unsaturated/α-hetero) is 1. The van der Waals surface area contributed by atoms with Crippen LogP contribution in [0.2, 0.25) is 0 Å². The molecule has 0 aromatic heterocycles. The Balaban J connectivity index is 2.04. The Morgan fingerprint density at radius 3 is 1.91 bits per heavy atom. The first-order valence-corrected chi connectivity index (χ1v) is 7.97. The fourth-order valence-electron chi connectivity index (χ4n) is 2.08. The van der Waals surface area contributed by atoms with E-state index in [4.69, 9.17) is 23.7 Å². The summed E-state index contributed by atoms with van der Waals surface area (Å²) in [5.74, 6) is 1.23. The van der Waals surface area contributed by atoms with Gasteiger partial charge in [0.25, 0.3) is 0 Å². The molecule has 0 unspecified atom stereocenters. The second-order valence-electron chi connectivity index (χ2n) is 4.97. The van der Waals surface area contributed by atoms with Crippen LogP contribution in [-0.4, -0.2) is 58.6 Å². The van der Waals surface area contributed by atoms with Crippen molar-refractivity contribution in [3.63, 3.8) is 0 Å². The zero-order chi connectivity index (χ0) is 16.3. The van der Waals surface area contributed by atoms with Crippen molar-refractivity contribution < 1.29 is 28.5 Å². The summed E-state index contributed by atoms with van der Waals surface area (Å²) in [6.07, 6.45) is 0.455. The van der Waals surface area contributed by atoms with E-state index in [0.29, 0.717) is 76.3 Å². The molecule has 0 atom stereocenters. The minimum Gasteiger partial charge on any atom is -0.487 e. The van der Waals surface area contributed by atoms with Gasteiger partial charge < -0.3 is 23.7 Å². The number of ketones is 1. The topological polar surface area (TPSA) is 63.2 Å². The van der Waals surface area contributed by atoms with Gasteiger partial charge in [0.15, 0.2) is 17.3 Å². The average molecular weight is 324 g/mol. The van der Waals surface area contributed by atoms with Crippen LogP contribution in [0.15, 0.2) is 18.2 Å². The summed E-state index contributed by atoms with van der Waals surface area (Å²) < 4.78 is 27.6. The molecule has 0 amide bonds. The standard InChI is InChI=1S/C17H24O6/c1-2-15(18)14-3-4-16-17(13-14)23-12-10-21-8-6-19-5-7-20-9-11-22-16/h3-4,13H,2,5-12H2,1H3. The van der Waals surface area contributed by atoms with E-state index in [0.717, 1.165) is 0 Å². The second kappa shape index (κ2) is 10.2. The molecule has 1 aliphatic rings. The maximum Gasteiger partial charge on any atom is 0.162 e. The Bertz CT molecular complexity index is 488. The minimum atomic E-state index is 0.0732. The summed E-state index contributed by atoms with van der Waals surface area (Å²) in [7, 11) is 0. The summed E-state index contributed by atoms with van der Waals surface area (Å²) in [6, 6.07) is 5.25. The third-order valence-electron chi connectivity index (χ3n) is 3.30. The fourth-order valence-corrected chi connectivity index (χ4v) is 2.08. The van der Waals surface area contributed by atoms with E-state index in [1.165, 1.54) is 0 Å². The fraction of sp³-hybridized carbons (Fsp3) is 0.588. The van der Waals surface area contributed by atoms with Crippen molar-refractivity contribution in [2.24, 2.45) is 0 Å². The zero-order valence-corrected chi connectivity index (χ0v) is 13.5. The molecule has 0 fully saturated rings. The first-order chi connectivity index (χ1) is 11.3. The van der Waals surface area contributed by atoms with E-state index in [9.17, 15) is 4.79 Å². The molecule has 6 nitrogen and oxygen atoms in total. The van der Waals surface area contributed by atoms with Gasteiger partial charge in [0.2, 0.25) is 0 Å². The zero-order valence-electron chi connectivity index (χ0n) is 13.5. The molecule has 1 heterocycles. The average Bonchev–Trinajstić information content (AvgIpc) is 2.59. The summed E-state index contributed by atoms with van der Waals surface area (Å²) in [5.41, 5.74) is 0.623. The van der Waals surface area contributed by atoms with Crippen LogP contribution >= 0.6 is 0 Å². The molecule has 1 aliphatic heterocycles. The highest BCUT2D eigenvalue weighted by Crippen LogP contribution is 2.29. The van der Waals surface area contributed by atoms with Crippen LogP contribution in [0.4, 0.5) is 0 Å². The van der Waals surface area contributed by atoms with Gasteiger partial charge in [-0.3, -0.25) is 4.79 Å². The van der Waals surface area contributed by atoms with Gasteiger partial charge >= 0.3 is 0 Å². The van der Waals surface area contributed by atoms with Crippen LogP contribution in [0.5, 0.6) is 11.5 Å². The summed E-state index contributed by atoms with van der Waals surface area (Å²) in [4.78, 5) is 11.8. The lowest BCUT2D eigenvalue weighted by molar-refractivity contribution is 0.00708. The number of benzene rings is 1. The number of hydrogen-bond acceptors (Lipinski definition) is 6. The number of carbonyl (C=O) groups is 1. The molecule has 0 saturated heterocycles. The monoisotopic (exact) mass is 324 g/mol. The highest BCUT2D eigenvalue weighted by molar-refractivity contribution is 5.96. The molecular weight excluding hydrogens is 300 g/mol. The molecule has 0 aliphatic carbocycles. The van der Waals surface area contributed by atoms with Crippen molar-refractivity contribution in [2.75, 3.05) is 52.9 Å². The molecule has 0 saturated carbocycles. The van der Waals surface area contributed by atoms with Crippen molar-refractivity contribution in [1.82, 2.24) is 0 Å². The Morgan fingerprint density at radius 1 is 0.826 bits per heavy atom. The van der Waals surface area contributed by atoms with Gasteiger partial charge in [0.1, 0.15) is 13.2 Å². The maximum absolute atomic E-state index is 11.8. The quantitative estimate of drug-likeness (QED) is 0.776. The molecule has 0 bridgehead atoms. The molecule has 0 spiro atoms. The van der Waals surface area contributed by atoms with Crippen LogP contribution < -0.4 is 9.47 Å². The maximum atomic E-state index is 11.8. The van der Waals surface area contributed by atoms with Crippen LogP contribution in [0.3, 0.4) is 0 Å². The van der Waals surface area contributed by atoms with Gasteiger partial charge in [0, 0.05) is 12.0 Å². The van der Waals surface area contributed by atoms with E-state index in [1.54, 1.807) is 18.2 Å². The van der Waals surface area contributed by atoms with E-state index in [-0.39, 0.29) is 5.78 Å². The van der Waals surface area contributed by atoms with Crippen LogP contribution in [0.1, 0.15) is 23.7 Å². The third kappa shape index (κ3) is 6.17. The first-order valence-electron chi connectivity index (χ1n) is 7.97. The summed E-state index contributed by atoms with van der Waals surface area (Å²) in [5, 5.41) is 0.